The average molecular weight is 259 g/mol. The minimum atomic E-state index is 0.137. The van der Waals surface area contributed by atoms with Gasteiger partial charge >= 0.3 is 0 Å². The smallest absolute Gasteiger partial charge is 0.255 e. The molecule has 102 valence electrons. The first-order valence-corrected chi connectivity index (χ1v) is 7.19. The lowest BCUT2D eigenvalue weighted by Crippen LogP contribution is -2.52. The summed E-state index contributed by atoms with van der Waals surface area (Å²) in [6, 6.07) is 3.69. The zero-order chi connectivity index (χ0) is 13.1. The maximum Gasteiger partial charge on any atom is 0.255 e. The quantitative estimate of drug-likeness (QED) is 0.834. The summed E-state index contributed by atoms with van der Waals surface area (Å²) in [7, 11) is 0. The van der Waals surface area contributed by atoms with Gasteiger partial charge < -0.3 is 10.2 Å². The van der Waals surface area contributed by atoms with Crippen LogP contribution < -0.4 is 5.32 Å². The van der Waals surface area contributed by atoms with Crippen molar-refractivity contribution in [1.82, 2.24) is 15.2 Å². The average Bonchev–Trinajstić information content (AvgIpc) is 2.48. The van der Waals surface area contributed by atoms with Gasteiger partial charge in [0.05, 0.1) is 5.56 Å². The second-order valence-corrected chi connectivity index (χ2v) is 5.85. The number of carbonyl (C=O) groups excluding carboxylic acids is 1. The van der Waals surface area contributed by atoms with Crippen molar-refractivity contribution >= 4 is 5.91 Å². The van der Waals surface area contributed by atoms with Crippen molar-refractivity contribution in [3.8, 4) is 0 Å². The molecule has 2 aliphatic rings. The number of hydrogen-bond donors (Lipinski definition) is 1. The van der Waals surface area contributed by atoms with Gasteiger partial charge in [-0.15, -0.1) is 0 Å². The van der Waals surface area contributed by atoms with Crippen molar-refractivity contribution in [3.05, 3.63) is 30.1 Å². The highest BCUT2D eigenvalue weighted by atomic mass is 16.2. The van der Waals surface area contributed by atoms with Gasteiger partial charge in [0.25, 0.3) is 5.91 Å². The van der Waals surface area contributed by atoms with E-state index in [2.05, 4.69) is 10.3 Å². The number of nitrogens with one attached hydrogen (secondary N) is 1. The Morgan fingerprint density at radius 3 is 3.00 bits per heavy atom. The van der Waals surface area contributed by atoms with Gasteiger partial charge in [-0.1, -0.05) is 0 Å². The molecule has 0 saturated carbocycles. The molecule has 1 N–H and O–H groups in total. The lowest BCUT2D eigenvalue weighted by atomic mass is 9.74. The third-order valence-electron chi connectivity index (χ3n) is 4.42. The number of piperidine rings is 2. The molecule has 0 aliphatic carbocycles. The molecule has 4 heteroatoms. The van der Waals surface area contributed by atoms with Crippen LogP contribution in [-0.4, -0.2) is 42.0 Å². The Kier molecular flexibility index (Phi) is 3.51. The number of pyridine rings is 1. The lowest BCUT2D eigenvalue weighted by molar-refractivity contribution is 0.0433. The van der Waals surface area contributed by atoms with E-state index in [4.69, 9.17) is 0 Å². The molecule has 19 heavy (non-hydrogen) atoms. The first-order chi connectivity index (χ1) is 9.29. The van der Waals surface area contributed by atoms with E-state index in [1.807, 2.05) is 17.0 Å². The Morgan fingerprint density at radius 2 is 2.26 bits per heavy atom. The SMILES string of the molecule is O=C(c1cccnc1)N1CCCC2(CCCNC2)C1. The predicted molar refractivity (Wildman–Crippen MR) is 73.9 cm³/mol. The number of aromatic nitrogens is 1. The molecule has 0 radical (unpaired) electrons. The fraction of sp³-hybridized carbons (Fsp3) is 0.600. The van der Waals surface area contributed by atoms with Gasteiger partial charge in [0.15, 0.2) is 0 Å². The van der Waals surface area contributed by atoms with E-state index in [9.17, 15) is 4.79 Å². The molecular weight excluding hydrogens is 238 g/mol. The highest BCUT2D eigenvalue weighted by Gasteiger charge is 2.38. The van der Waals surface area contributed by atoms with E-state index in [0.29, 0.717) is 11.0 Å². The molecule has 3 heterocycles. The number of carbonyl (C=O) groups is 1. The van der Waals surface area contributed by atoms with Crippen LogP contribution in [0.15, 0.2) is 24.5 Å². The Morgan fingerprint density at radius 1 is 1.37 bits per heavy atom. The zero-order valence-corrected chi connectivity index (χ0v) is 11.3. The molecule has 1 amide bonds. The summed E-state index contributed by atoms with van der Waals surface area (Å²) < 4.78 is 0. The van der Waals surface area contributed by atoms with Crippen molar-refractivity contribution in [2.45, 2.75) is 25.7 Å². The second-order valence-electron chi connectivity index (χ2n) is 5.85. The van der Waals surface area contributed by atoms with E-state index in [0.717, 1.165) is 32.6 Å². The van der Waals surface area contributed by atoms with Crippen LogP contribution in [0.2, 0.25) is 0 Å². The molecule has 1 atom stereocenters. The second kappa shape index (κ2) is 5.29. The Labute approximate surface area is 114 Å². The molecule has 1 aromatic rings. The maximum atomic E-state index is 12.5. The fourth-order valence-corrected chi connectivity index (χ4v) is 3.43. The van der Waals surface area contributed by atoms with Crippen LogP contribution >= 0.6 is 0 Å². The Hall–Kier alpha value is -1.42. The van der Waals surface area contributed by atoms with Crippen LogP contribution in [-0.2, 0) is 0 Å². The van der Waals surface area contributed by atoms with E-state index in [1.54, 1.807) is 12.4 Å². The number of rotatable bonds is 1. The fourth-order valence-electron chi connectivity index (χ4n) is 3.43. The monoisotopic (exact) mass is 259 g/mol. The van der Waals surface area contributed by atoms with Crippen molar-refractivity contribution in [1.29, 1.82) is 0 Å². The Balaban J connectivity index is 1.73. The molecule has 0 aromatic carbocycles. The number of likely N-dealkylation sites (tertiary alicyclic amines) is 1. The highest BCUT2D eigenvalue weighted by molar-refractivity contribution is 5.93. The molecule has 2 fully saturated rings. The largest absolute Gasteiger partial charge is 0.338 e. The van der Waals surface area contributed by atoms with Crippen LogP contribution in [0.1, 0.15) is 36.0 Å². The summed E-state index contributed by atoms with van der Waals surface area (Å²) in [5, 5.41) is 3.49. The van der Waals surface area contributed by atoms with Gasteiger partial charge in [-0.05, 0) is 44.4 Å². The van der Waals surface area contributed by atoms with Crippen molar-refractivity contribution in [2.75, 3.05) is 26.2 Å². The summed E-state index contributed by atoms with van der Waals surface area (Å²) in [4.78, 5) is 18.6. The molecule has 1 unspecified atom stereocenters. The topological polar surface area (TPSA) is 45.2 Å². The van der Waals surface area contributed by atoms with E-state index in [-0.39, 0.29) is 5.91 Å². The van der Waals surface area contributed by atoms with Crippen LogP contribution in [0.5, 0.6) is 0 Å². The van der Waals surface area contributed by atoms with E-state index >= 15 is 0 Å². The molecule has 0 bridgehead atoms. The number of hydrogen-bond acceptors (Lipinski definition) is 3. The van der Waals surface area contributed by atoms with Gasteiger partial charge in [0.2, 0.25) is 0 Å². The van der Waals surface area contributed by atoms with Crippen LogP contribution in [0.3, 0.4) is 0 Å². The van der Waals surface area contributed by atoms with E-state index < -0.39 is 0 Å². The molecule has 4 nitrogen and oxygen atoms in total. The summed E-state index contributed by atoms with van der Waals surface area (Å²) >= 11 is 0. The predicted octanol–water partition coefficient (Wildman–Crippen LogP) is 1.69. The molecule has 1 aromatic heterocycles. The summed E-state index contributed by atoms with van der Waals surface area (Å²) in [6.07, 6.45) is 8.22. The number of amides is 1. The Bertz CT molecular complexity index is 434. The zero-order valence-electron chi connectivity index (χ0n) is 11.3. The minimum Gasteiger partial charge on any atom is -0.338 e. The maximum absolute atomic E-state index is 12.5. The number of nitrogens with zero attached hydrogens (tertiary/aromatic N) is 2. The van der Waals surface area contributed by atoms with Crippen LogP contribution in [0, 0.1) is 5.41 Å². The third kappa shape index (κ3) is 2.63. The van der Waals surface area contributed by atoms with Gasteiger partial charge in [-0.25, -0.2) is 0 Å². The third-order valence-corrected chi connectivity index (χ3v) is 4.42. The van der Waals surface area contributed by atoms with Gasteiger partial charge in [0, 0.05) is 37.4 Å². The molecule has 2 aliphatic heterocycles. The van der Waals surface area contributed by atoms with Gasteiger partial charge in [-0.3, -0.25) is 9.78 Å². The summed E-state index contributed by atoms with van der Waals surface area (Å²) in [6.45, 7) is 3.96. The molecule has 2 saturated heterocycles. The van der Waals surface area contributed by atoms with Crippen molar-refractivity contribution in [3.63, 3.8) is 0 Å². The van der Waals surface area contributed by atoms with Gasteiger partial charge in [0.1, 0.15) is 0 Å². The standard InChI is InChI=1S/C15H21N3O/c19-14(13-4-1-7-16-10-13)18-9-3-6-15(12-18)5-2-8-17-11-15/h1,4,7,10,17H,2-3,5-6,8-9,11-12H2. The minimum absolute atomic E-state index is 0.137. The first-order valence-electron chi connectivity index (χ1n) is 7.19. The molecule has 3 rings (SSSR count). The highest BCUT2D eigenvalue weighted by Crippen LogP contribution is 2.36. The van der Waals surface area contributed by atoms with Crippen LogP contribution in [0.25, 0.3) is 0 Å². The molecule has 1 spiro atoms. The normalized spacial score (nSPS) is 27.5. The van der Waals surface area contributed by atoms with Crippen LogP contribution in [0.4, 0.5) is 0 Å². The lowest BCUT2D eigenvalue weighted by Gasteiger charge is -2.45. The van der Waals surface area contributed by atoms with Gasteiger partial charge in [-0.2, -0.15) is 0 Å². The van der Waals surface area contributed by atoms with Crippen molar-refractivity contribution < 1.29 is 4.79 Å². The first kappa shape index (κ1) is 12.6. The summed E-state index contributed by atoms with van der Waals surface area (Å²) in [5.41, 5.74) is 1.03. The van der Waals surface area contributed by atoms with Crippen molar-refractivity contribution in [2.24, 2.45) is 5.41 Å². The molecular formula is C15H21N3O. The summed E-state index contributed by atoms with van der Waals surface area (Å²) in [5.74, 6) is 0.137. The van der Waals surface area contributed by atoms with E-state index in [1.165, 1.54) is 19.3 Å².